The van der Waals surface area contributed by atoms with E-state index in [1.165, 1.54) is 6.33 Å². The second-order valence-corrected chi connectivity index (χ2v) is 7.34. The highest BCUT2D eigenvalue weighted by Crippen LogP contribution is 2.29. The Labute approximate surface area is 192 Å². The standard InChI is InChI=1S/C19H21ClN6O2.2ClH/c20-13-3-1-12(2-4-13)15(10-21)19(28)26-7-5-25(6-8-26)18-14-9-16(27)24-17(14)22-11-23-18;;/h1-4,11,15H,5-10,21H2,(H,22,23,24,27);2*1H. The van der Waals surface area contributed by atoms with E-state index in [0.29, 0.717) is 37.0 Å². The van der Waals surface area contributed by atoms with E-state index < -0.39 is 0 Å². The zero-order valence-corrected chi connectivity index (χ0v) is 18.5. The highest BCUT2D eigenvalue weighted by atomic mass is 35.5. The van der Waals surface area contributed by atoms with Crippen LogP contribution < -0.4 is 16.0 Å². The van der Waals surface area contributed by atoms with Gasteiger partial charge in [0.2, 0.25) is 11.8 Å². The number of nitrogens with one attached hydrogen (secondary N) is 1. The number of benzene rings is 1. The summed E-state index contributed by atoms with van der Waals surface area (Å²) >= 11 is 5.94. The average molecular weight is 474 g/mol. The van der Waals surface area contributed by atoms with Gasteiger partial charge in [-0.2, -0.15) is 0 Å². The molecule has 2 aliphatic rings. The molecule has 3 heterocycles. The van der Waals surface area contributed by atoms with E-state index in [4.69, 9.17) is 17.3 Å². The molecule has 2 aliphatic heterocycles. The fraction of sp³-hybridized carbons (Fsp3) is 0.368. The van der Waals surface area contributed by atoms with Crippen LogP contribution in [0.4, 0.5) is 11.6 Å². The van der Waals surface area contributed by atoms with Gasteiger partial charge in [-0.3, -0.25) is 9.59 Å². The first-order valence-corrected chi connectivity index (χ1v) is 9.57. The molecule has 1 aromatic carbocycles. The minimum atomic E-state index is -0.381. The summed E-state index contributed by atoms with van der Waals surface area (Å²) in [7, 11) is 0. The summed E-state index contributed by atoms with van der Waals surface area (Å²) in [6, 6.07) is 7.25. The van der Waals surface area contributed by atoms with Crippen LogP contribution in [0.2, 0.25) is 5.02 Å². The van der Waals surface area contributed by atoms with Crippen molar-refractivity contribution in [3.63, 3.8) is 0 Å². The molecule has 1 aromatic heterocycles. The fourth-order valence-corrected chi connectivity index (χ4v) is 3.84. The maximum absolute atomic E-state index is 13.0. The van der Waals surface area contributed by atoms with Gasteiger partial charge in [0.15, 0.2) is 0 Å². The Hall–Kier alpha value is -2.13. The normalized spacial score (nSPS) is 16.1. The van der Waals surface area contributed by atoms with Gasteiger partial charge in [0, 0.05) is 43.3 Å². The molecular formula is C19H23Cl3N6O2. The Kier molecular flexibility index (Phi) is 8.25. The number of hydrogen-bond donors (Lipinski definition) is 2. The molecule has 11 heteroatoms. The van der Waals surface area contributed by atoms with Crippen LogP contribution in [-0.4, -0.2) is 59.4 Å². The lowest BCUT2D eigenvalue weighted by Crippen LogP contribution is -2.51. The first-order valence-electron chi connectivity index (χ1n) is 9.20. The Balaban J connectivity index is 0.00000160. The smallest absolute Gasteiger partial charge is 0.231 e. The van der Waals surface area contributed by atoms with Gasteiger partial charge in [0.1, 0.15) is 18.0 Å². The molecule has 1 unspecified atom stereocenters. The molecule has 1 atom stereocenters. The summed E-state index contributed by atoms with van der Waals surface area (Å²) in [5.74, 6) is 0.922. The lowest BCUT2D eigenvalue weighted by Gasteiger charge is -2.37. The number of nitrogens with zero attached hydrogens (tertiary/aromatic N) is 4. The number of anilines is 2. The van der Waals surface area contributed by atoms with E-state index in [9.17, 15) is 9.59 Å². The van der Waals surface area contributed by atoms with Gasteiger partial charge in [-0.1, -0.05) is 23.7 Å². The first-order chi connectivity index (χ1) is 13.6. The number of piperazine rings is 1. The summed E-state index contributed by atoms with van der Waals surface area (Å²) < 4.78 is 0. The first kappa shape index (κ1) is 24.1. The van der Waals surface area contributed by atoms with Gasteiger partial charge in [0.25, 0.3) is 0 Å². The Morgan fingerprint density at radius 1 is 1.13 bits per heavy atom. The third-order valence-electron chi connectivity index (χ3n) is 5.21. The maximum atomic E-state index is 13.0. The molecule has 4 rings (SSSR count). The monoisotopic (exact) mass is 472 g/mol. The van der Waals surface area contributed by atoms with Crippen molar-refractivity contribution in [2.75, 3.05) is 42.9 Å². The van der Waals surface area contributed by atoms with Crippen LogP contribution >= 0.6 is 36.4 Å². The highest BCUT2D eigenvalue weighted by molar-refractivity contribution is 6.30. The second-order valence-electron chi connectivity index (χ2n) is 6.90. The van der Waals surface area contributed by atoms with E-state index in [1.54, 1.807) is 12.1 Å². The van der Waals surface area contributed by atoms with E-state index in [0.717, 1.165) is 16.9 Å². The molecule has 0 bridgehead atoms. The topological polar surface area (TPSA) is 104 Å². The summed E-state index contributed by atoms with van der Waals surface area (Å²) in [4.78, 5) is 37.1. The molecule has 0 radical (unpaired) electrons. The minimum Gasteiger partial charge on any atom is -0.353 e. The van der Waals surface area contributed by atoms with Crippen molar-refractivity contribution >= 4 is 59.9 Å². The van der Waals surface area contributed by atoms with Crippen LogP contribution in [0.25, 0.3) is 0 Å². The van der Waals surface area contributed by atoms with Crippen molar-refractivity contribution in [1.82, 2.24) is 14.9 Å². The zero-order chi connectivity index (χ0) is 19.7. The molecular weight excluding hydrogens is 451 g/mol. The van der Waals surface area contributed by atoms with Crippen LogP contribution in [0.3, 0.4) is 0 Å². The average Bonchev–Trinajstić information content (AvgIpc) is 3.10. The number of halogens is 3. The number of amides is 2. The Morgan fingerprint density at radius 3 is 2.43 bits per heavy atom. The van der Waals surface area contributed by atoms with E-state index in [1.807, 2.05) is 17.0 Å². The number of hydrogen-bond acceptors (Lipinski definition) is 6. The Bertz CT molecular complexity index is 904. The van der Waals surface area contributed by atoms with Crippen LogP contribution in [-0.2, 0) is 16.0 Å². The number of fused-ring (bicyclic) bond motifs is 1. The van der Waals surface area contributed by atoms with Crippen molar-refractivity contribution < 1.29 is 9.59 Å². The SMILES string of the molecule is Cl.Cl.NCC(C(=O)N1CCN(c2ncnc3c2CC(=O)N3)CC1)c1ccc(Cl)cc1. The van der Waals surface area contributed by atoms with E-state index >= 15 is 0 Å². The molecule has 30 heavy (non-hydrogen) atoms. The van der Waals surface area contributed by atoms with Gasteiger partial charge >= 0.3 is 0 Å². The summed E-state index contributed by atoms with van der Waals surface area (Å²) in [6.07, 6.45) is 1.75. The van der Waals surface area contributed by atoms with Crippen LogP contribution in [0.5, 0.6) is 0 Å². The molecule has 8 nitrogen and oxygen atoms in total. The number of carbonyl (C=O) groups is 2. The van der Waals surface area contributed by atoms with Crippen molar-refractivity contribution in [3.05, 3.63) is 46.7 Å². The predicted octanol–water partition coefficient (Wildman–Crippen LogP) is 1.86. The minimum absolute atomic E-state index is 0. The third-order valence-corrected chi connectivity index (χ3v) is 5.47. The number of aromatic nitrogens is 2. The largest absolute Gasteiger partial charge is 0.353 e. The van der Waals surface area contributed by atoms with E-state index in [2.05, 4.69) is 20.2 Å². The van der Waals surface area contributed by atoms with Gasteiger partial charge in [-0.05, 0) is 17.7 Å². The van der Waals surface area contributed by atoms with Crippen molar-refractivity contribution in [3.8, 4) is 0 Å². The predicted molar refractivity (Wildman–Crippen MR) is 121 cm³/mol. The van der Waals surface area contributed by atoms with Crippen LogP contribution in [0.15, 0.2) is 30.6 Å². The fourth-order valence-electron chi connectivity index (χ4n) is 3.72. The van der Waals surface area contributed by atoms with Crippen molar-refractivity contribution in [2.24, 2.45) is 5.73 Å². The molecule has 0 spiro atoms. The summed E-state index contributed by atoms with van der Waals surface area (Å²) in [5.41, 5.74) is 7.60. The molecule has 0 aliphatic carbocycles. The maximum Gasteiger partial charge on any atom is 0.231 e. The third kappa shape index (κ3) is 4.78. The Morgan fingerprint density at radius 2 is 1.80 bits per heavy atom. The highest BCUT2D eigenvalue weighted by Gasteiger charge is 2.31. The lowest BCUT2D eigenvalue weighted by atomic mass is 9.97. The van der Waals surface area contributed by atoms with Crippen molar-refractivity contribution in [1.29, 1.82) is 0 Å². The quantitative estimate of drug-likeness (QED) is 0.702. The molecule has 0 saturated carbocycles. The second kappa shape index (κ2) is 10.3. The summed E-state index contributed by atoms with van der Waals surface area (Å²) in [6.45, 7) is 2.67. The summed E-state index contributed by atoms with van der Waals surface area (Å²) in [5, 5.41) is 3.37. The van der Waals surface area contributed by atoms with Gasteiger partial charge in [-0.25, -0.2) is 9.97 Å². The van der Waals surface area contributed by atoms with Crippen LogP contribution in [0, 0.1) is 0 Å². The molecule has 2 aromatic rings. The lowest BCUT2D eigenvalue weighted by molar-refractivity contribution is -0.132. The number of rotatable bonds is 4. The number of carbonyl (C=O) groups excluding carboxylic acids is 2. The van der Waals surface area contributed by atoms with Crippen LogP contribution in [0.1, 0.15) is 17.0 Å². The van der Waals surface area contributed by atoms with E-state index in [-0.39, 0.29) is 55.5 Å². The van der Waals surface area contributed by atoms with Gasteiger partial charge < -0.3 is 20.9 Å². The van der Waals surface area contributed by atoms with Gasteiger partial charge in [-0.15, -0.1) is 24.8 Å². The molecule has 2 amide bonds. The molecule has 3 N–H and O–H groups in total. The molecule has 1 fully saturated rings. The number of nitrogens with two attached hydrogens (primary N) is 1. The molecule has 1 saturated heterocycles. The van der Waals surface area contributed by atoms with Gasteiger partial charge in [0.05, 0.1) is 12.3 Å². The van der Waals surface area contributed by atoms with Crippen molar-refractivity contribution in [2.45, 2.75) is 12.3 Å². The zero-order valence-electron chi connectivity index (χ0n) is 16.1. The molecule has 162 valence electrons.